The average Bonchev–Trinajstić information content (AvgIpc) is 3.56. The molecule has 0 spiro atoms. The number of aromatic nitrogens is 4. The Morgan fingerprint density at radius 2 is 1.60 bits per heavy atom. The van der Waals surface area contributed by atoms with Crippen LogP contribution in [0.1, 0.15) is 27.3 Å². The van der Waals surface area contributed by atoms with Crippen LogP contribution in [0.3, 0.4) is 0 Å². The number of hydrogen-bond acceptors (Lipinski definition) is 4. The van der Waals surface area contributed by atoms with E-state index in [4.69, 9.17) is 0 Å². The molecule has 2 aromatic heterocycles. The summed E-state index contributed by atoms with van der Waals surface area (Å²) in [5.74, 6) is -0.000800. The van der Waals surface area contributed by atoms with Gasteiger partial charge >= 0.3 is 0 Å². The van der Waals surface area contributed by atoms with Gasteiger partial charge in [-0.05, 0) is 47.9 Å². The van der Waals surface area contributed by atoms with Crippen molar-refractivity contribution in [2.75, 3.05) is 18.0 Å². The van der Waals surface area contributed by atoms with Gasteiger partial charge in [-0.3, -0.25) is 4.79 Å². The third-order valence-electron chi connectivity index (χ3n) is 6.97. The predicted molar refractivity (Wildman–Crippen MR) is 166 cm³/mol. The summed E-state index contributed by atoms with van der Waals surface area (Å²) >= 11 is 0. The SMILES string of the molecule is Cc1c(C(=O)N2CCN(Cc3cnc[nH]3)c3ccc(-c4ccccc4)cc3C2)cnn1-c1ccccc1.Cl.Cl.Cl. The van der Waals surface area contributed by atoms with Crippen LogP contribution in [0.4, 0.5) is 5.69 Å². The lowest BCUT2D eigenvalue weighted by Crippen LogP contribution is -2.35. The van der Waals surface area contributed by atoms with Gasteiger partial charge in [-0.25, -0.2) is 9.67 Å². The first-order chi connectivity index (χ1) is 18.2. The standard InChI is InChI=1S/C30H28N6O.3ClH/c1-22-28(18-33-36(22)27-10-6-3-7-11-27)30(37)35-15-14-34(20-26-17-31-21-32-26)29-13-12-24(16-25(29)19-35)23-8-4-2-5-9-23;;;/h2-13,16-18,21H,14-15,19-20H2,1H3,(H,31,32);3*1H. The Labute approximate surface area is 252 Å². The largest absolute Gasteiger partial charge is 0.364 e. The predicted octanol–water partition coefficient (Wildman–Crippen LogP) is 6.50. The number of rotatable bonds is 5. The summed E-state index contributed by atoms with van der Waals surface area (Å²) < 4.78 is 1.83. The lowest BCUT2D eigenvalue weighted by molar-refractivity contribution is 0.0750. The molecule has 1 aliphatic heterocycles. The number of fused-ring (bicyclic) bond motifs is 1. The molecule has 10 heteroatoms. The zero-order chi connectivity index (χ0) is 25.2. The zero-order valence-corrected chi connectivity index (χ0v) is 24.4. The van der Waals surface area contributed by atoms with Gasteiger partial charge in [0.15, 0.2) is 0 Å². The molecule has 0 fully saturated rings. The first-order valence-electron chi connectivity index (χ1n) is 12.5. The highest BCUT2D eigenvalue weighted by Gasteiger charge is 2.27. The van der Waals surface area contributed by atoms with Crippen LogP contribution in [0.25, 0.3) is 16.8 Å². The topological polar surface area (TPSA) is 70.1 Å². The number of hydrogen-bond donors (Lipinski definition) is 1. The van der Waals surface area contributed by atoms with Crippen molar-refractivity contribution in [1.82, 2.24) is 24.6 Å². The summed E-state index contributed by atoms with van der Waals surface area (Å²) in [5, 5.41) is 4.54. The Morgan fingerprint density at radius 1 is 0.875 bits per heavy atom. The zero-order valence-electron chi connectivity index (χ0n) is 21.9. The highest BCUT2D eigenvalue weighted by atomic mass is 35.5. The van der Waals surface area contributed by atoms with Crippen molar-refractivity contribution >= 4 is 48.8 Å². The third-order valence-corrected chi connectivity index (χ3v) is 6.97. The van der Waals surface area contributed by atoms with Crippen molar-refractivity contribution in [3.63, 3.8) is 0 Å². The van der Waals surface area contributed by atoms with Gasteiger partial charge in [0.05, 0.1) is 41.7 Å². The molecule has 1 N–H and O–H groups in total. The molecular weight excluding hydrogens is 567 g/mol. The number of imidazole rings is 1. The maximum absolute atomic E-state index is 13.8. The average molecular weight is 598 g/mol. The molecule has 0 atom stereocenters. The lowest BCUT2D eigenvalue weighted by atomic mass is 10.0. The molecule has 0 unspecified atom stereocenters. The second kappa shape index (κ2) is 13.5. The minimum Gasteiger partial charge on any atom is -0.364 e. The van der Waals surface area contributed by atoms with Crippen LogP contribution >= 0.6 is 37.2 Å². The second-order valence-electron chi connectivity index (χ2n) is 9.33. The van der Waals surface area contributed by atoms with Crippen molar-refractivity contribution in [1.29, 1.82) is 0 Å². The number of halogens is 3. The number of anilines is 1. The Bertz CT molecular complexity index is 1520. The number of carbonyl (C=O) groups is 1. The van der Waals surface area contributed by atoms with E-state index in [9.17, 15) is 4.79 Å². The van der Waals surface area contributed by atoms with Gasteiger partial charge in [-0.2, -0.15) is 5.10 Å². The molecule has 0 bridgehead atoms. The Hall–Kier alpha value is -3.78. The molecule has 6 rings (SSSR count). The molecule has 7 nitrogen and oxygen atoms in total. The van der Waals surface area contributed by atoms with Crippen molar-refractivity contribution in [3.05, 3.63) is 120 Å². The second-order valence-corrected chi connectivity index (χ2v) is 9.33. The van der Waals surface area contributed by atoms with E-state index in [1.165, 1.54) is 0 Å². The highest BCUT2D eigenvalue weighted by molar-refractivity contribution is 5.95. The minimum absolute atomic E-state index is 0. The van der Waals surface area contributed by atoms with Crippen molar-refractivity contribution in [2.24, 2.45) is 0 Å². The minimum atomic E-state index is -0.000800. The van der Waals surface area contributed by atoms with Crippen LogP contribution in [0.5, 0.6) is 0 Å². The van der Waals surface area contributed by atoms with E-state index in [1.54, 1.807) is 12.5 Å². The van der Waals surface area contributed by atoms with Gasteiger partial charge in [-0.1, -0.05) is 54.6 Å². The Balaban J connectivity index is 0.00000147. The fraction of sp³-hybridized carbons (Fsp3) is 0.167. The first kappa shape index (κ1) is 30.8. The van der Waals surface area contributed by atoms with Crippen LogP contribution in [0.2, 0.25) is 0 Å². The first-order valence-corrected chi connectivity index (χ1v) is 12.5. The van der Waals surface area contributed by atoms with Crippen LogP contribution in [0, 0.1) is 6.92 Å². The number of para-hydroxylation sites is 1. The van der Waals surface area contributed by atoms with Crippen LogP contribution in [-0.2, 0) is 13.1 Å². The molecular formula is C30H31Cl3N6O. The van der Waals surface area contributed by atoms with Gasteiger partial charge in [0.25, 0.3) is 5.91 Å². The molecule has 0 saturated carbocycles. The summed E-state index contributed by atoms with van der Waals surface area (Å²) in [5.41, 5.74) is 8.02. The quantitative estimate of drug-likeness (QED) is 0.251. The van der Waals surface area contributed by atoms with Crippen molar-refractivity contribution in [3.8, 4) is 16.8 Å². The number of aromatic amines is 1. The summed E-state index contributed by atoms with van der Waals surface area (Å²) in [6.45, 7) is 4.51. The molecule has 208 valence electrons. The van der Waals surface area contributed by atoms with E-state index in [0.717, 1.165) is 39.5 Å². The Morgan fingerprint density at radius 3 is 2.30 bits per heavy atom. The number of H-pyrrole nitrogens is 1. The number of benzene rings is 3. The van der Waals surface area contributed by atoms with Crippen LogP contribution in [0.15, 0.2) is 97.6 Å². The fourth-order valence-corrected chi connectivity index (χ4v) is 5.01. The summed E-state index contributed by atoms with van der Waals surface area (Å²) in [4.78, 5) is 25.5. The van der Waals surface area contributed by atoms with Gasteiger partial charge in [0.2, 0.25) is 0 Å². The van der Waals surface area contributed by atoms with Crippen LogP contribution < -0.4 is 4.90 Å². The molecule has 1 aliphatic rings. The van der Waals surface area contributed by atoms with E-state index < -0.39 is 0 Å². The van der Waals surface area contributed by atoms with E-state index in [0.29, 0.717) is 31.7 Å². The smallest absolute Gasteiger partial charge is 0.257 e. The molecule has 1 amide bonds. The van der Waals surface area contributed by atoms with E-state index >= 15 is 0 Å². The molecule has 3 heterocycles. The summed E-state index contributed by atoms with van der Waals surface area (Å²) in [7, 11) is 0. The fourth-order valence-electron chi connectivity index (χ4n) is 5.01. The highest BCUT2D eigenvalue weighted by Crippen LogP contribution is 2.32. The molecule has 0 saturated heterocycles. The number of nitrogens with zero attached hydrogens (tertiary/aromatic N) is 5. The normalized spacial score (nSPS) is 12.3. The molecule has 0 radical (unpaired) electrons. The summed E-state index contributed by atoms with van der Waals surface area (Å²) in [6.07, 6.45) is 5.25. The molecule has 0 aliphatic carbocycles. The number of nitrogens with one attached hydrogen (secondary N) is 1. The van der Waals surface area contributed by atoms with Gasteiger partial charge in [-0.15, -0.1) is 37.2 Å². The van der Waals surface area contributed by atoms with E-state index in [-0.39, 0.29) is 43.1 Å². The maximum Gasteiger partial charge on any atom is 0.257 e. The van der Waals surface area contributed by atoms with Crippen molar-refractivity contribution in [2.45, 2.75) is 20.0 Å². The maximum atomic E-state index is 13.8. The lowest BCUT2D eigenvalue weighted by Gasteiger charge is -2.24. The van der Waals surface area contributed by atoms with Crippen LogP contribution in [-0.4, -0.2) is 43.6 Å². The van der Waals surface area contributed by atoms with E-state index in [1.807, 2.05) is 59.1 Å². The summed E-state index contributed by atoms with van der Waals surface area (Å²) in [6, 6.07) is 26.8. The number of carbonyl (C=O) groups excluding carboxylic acids is 1. The molecule has 40 heavy (non-hydrogen) atoms. The number of amides is 1. The van der Waals surface area contributed by atoms with E-state index in [2.05, 4.69) is 62.4 Å². The monoisotopic (exact) mass is 596 g/mol. The molecule has 3 aromatic carbocycles. The third kappa shape index (κ3) is 6.17. The van der Waals surface area contributed by atoms with Gasteiger partial charge < -0.3 is 14.8 Å². The van der Waals surface area contributed by atoms with Crippen molar-refractivity contribution < 1.29 is 4.79 Å². The molecule has 5 aromatic rings. The Kier molecular flexibility index (Phi) is 10.4. The van der Waals surface area contributed by atoms with Gasteiger partial charge in [0.1, 0.15) is 0 Å². The van der Waals surface area contributed by atoms with Gasteiger partial charge in [0, 0.05) is 31.5 Å².